The third-order valence-corrected chi connectivity index (χ3v) is 4.63. The van der Waals surface area contributed by atoms with E-state index in [0.717, 1.165) is 12.8 Å². The van der Waals surface area contributed by atoms with Crippen molar-refractivity contribution in [1.82, 2.24) is 4.90 Å². The molecule has 0 bridgehead atoms. The summed E-state index contributed by atoms with van der Waals surface area (Å²) in [4.78, 5) is 2.68. The average molecular weight is 225 g/mol. The summed E-state index contributed by atoms with van der Waals surface area (Å²) in [5.74, 6) is 0.605. The lowest BCUT2D eigenvalue weighted by Crippen LogP contribution is -2.39. The molecule has 3 aliphatic rings. The molecule has 1 aliphatic carbocycles. The highest BCUT2D eigenvalue weighted by Gasteiger charge is 2.45. The fourth-order valence-electron chi connectivity index (χ4n) is 3.86. The molecule has 2 heterocycles. The first-order chi connectivity index (χ1) is 7.84. The molecule has 2 aliphatic heterocycles. The summed E-state index contributed by atoms with van der Waals surface area (Å²) in [5, 5.41) is 9.57. The molecule has 0 aromatic rings. The maximum atomic E-state index is 9.57. The molecule has 1 N–H and O–H groups in total. The molecule has 0 aromatic heterocycles. The van der Waals surface area contributed by atoms with Crippen molar-refractivity contribution in [2.75, 3.05) is 13.1 Å². The van der Waals surface area contributed by atoms with Gasteiger partial charge in [-0.05, 0) is 38.8 Å². The maximum Gasteiger partial charge on any atom is 0.155 e. The van der Waals surface area contributed by atoms with Crippen molar-refractivity contribution in [3.8, 4) is 0 Å². The van der Waals surface area contributed by atoms with Crippen LogP contribution in [0.2, 0.25) is 0 Å². The highest BCUT2D eigenvalue weighted by molar-refractivity contribution is 4.95. The number of aliphatic hydroxyl groups is 1. The predicted octanol–water partition coefficient (Wildman–Crippen LogP) is 1.75. The molecular weight excluding hydrogens is 202 g/mol. The van der Waals surface area contributed by atoms with E-state index in [4.69, 9.17) is 4.74 Å². The minimum atomic E-state index is -0.482. The highest BCUT2D eigenvalue weighted by Crippen LogP contribution is 2.41. The van der Waals surface area contributed by atoms with Gasteiger partial charge in [-0.2, -0.15) is 0 Å². The maximum absolute atomic E-state index is 9.57. The number of likely N-dealkylation sites (tertiary alicyclic amines) is 1. The van der Waals surface area contributed by atoms with Crippen LogP contribution in [0.3, 0.4) is 0 Å². The normalized spacial score (nSPS) is 45.6. The van der Waals surface area contributed by atoms with Gasteiger partial charge in [-0.15, -0.1) is 0 Å². The number of hydrogen-bond acceptors (Lipinski definition) is 3. The Kier molecular flexibility index (Phi) is 3.18. The number of nitrogens with zero attached hydrogens (tertiary/aromatic N) is 1. The topological polar surface area (TPSA) is 32.7 Å². The van der Waals surface area contributed by atoms with Gasteiger partial charge in [0.1, 0.15) is 0 Å². The summed E-state index contributed by atoms with van der Waals surface area (Å²) in [7, 11) is 0. The van der Waals surface area contributed by atoms with Crippen molar-refractivity contribution in [3.05, 3.63) is 0 Å². The summed E-state index contributed by atoms with van der Waals surface area (Å²) >= 11 is 0. The Bertz CT molecular complexity index is 238. The van der Waals surface area contributed by atoms with Gasteiger partial charge in [0.25, 0.3) is 0 Å². The van der Waals surface area contributed by atoms with E-state index in [1.807, 2.05) is 0 Å². The molecule has 1 saturated carbocycles. The van der Waals surface area contributed by atoms with Gasteiger partial charge in [-0.1, -0.05) is 12.8 Å². The standard InChI is InChI=1S/C13H23NO2/c15-13-9-10-11(5-6-12(10)16-13)14-7-3-1-2-4-8-14/h10-13,15H,1-9H2. The summed E-state index contributed by atoms with van der Waals surface area (Å²) in [5.41, 5.74) is 0. The molecule has 92 valence electrons. The van der Waals surface area contributed by atoms with Gasteiger partial charge in [0.2, 0.25) is 0 Å². The third kappa shape index (κ3) is 2.01. The van der Waals surface area contributed by atoms with Crippen molar-refractivity contribution in [2.24, 2.45) is 5.92 Å². The van der Waals surface area contributed by atoms with E-state index in [9.17, 15) is 5.11 Å². The number of rotatable bonds is 1. The van der Waals surface area contributed by atoms with Crippen LogP contribution >= 0.6 is 0 Å². The van der Waals surface area contributed by atoms with E-state index in [-0.39, 0.29) is 0 Å². The Morgan fingerprint density at radius 2 is 1.75 bits per heavy atom. The molecule has 3 fully saturated rings. The molecule has 4 atom stereocenters. The third-order valence-electron chi connectivity index (χ3n) is 4.63. The van der Waals surface area contributed by atoms with E-state index < -0.39 is 6.29 Å². The summed E-state index contributed by atoms with van der Waals surface area (Å²) in [6, 6.07) is 0.695. The van der Waals surface area contributed by atoms with Crippen LogP contribution in [0.4, 0.5) is 0 Å². The Balaban J connectivity index is 1.65. The lowest BCUT2D eigenvalue weighted by atomic mass is 9.98. The first-order valence-electron chi connectivity index (χ1n) is 6.92. The van der Waals surface area contributed by atoms with Crippen molar-refractivity contribution >= 4 is 0 Å². The van der Waals surface area contributed by atoms with Crippen molar-refractivity contribution in [3.63, 3.8) is 0 Å². The zero-order valence-corrected chi connectivity index (χ0v) is 9.98. The van der Waals surface area contributed by atoms with Crippen LogP contribution in [0, 0.1) is 5.92 Å². The molecule has 0 aromatic carbocycles. The minimum Gasteiger partial charge on any atom is -0.368 e. The second kappa shape index (κ2) is 4.63. The van der Waals surface area contributed by atoms with Crippen LogP contribution in [0.1, 0.15) is 44.9 Å². The Hall–Kier alpha value is -0.120. The molecule has 0 amide bonds. The molecular formula is C13H23NO2. The highest BCUT2D eigenvalue weighted by atomic mass is 16.6. The Morgan fingerprint density at radius 1 is 1.00 bits per heavy atom. The van der Waals surface area contributed by atoms with Crippen LogP contribution in [-0.4, -0.2) is 41.5 Å². The number of aliphatic hydroxyl groups excluding tert-OH is 1. The van der Waals surface area contributed by atoms with Crippen molar-refractivity contribution in [2.45, 2.75) is 63.4 Å². The second-order valence-electron chi connectivity index (χ2n) is 5.62. The van der Waals surface area contributed by atoms with Crippen LogP contribution in [0.25, 0.3) is 0 Å². The second-order valence-corrected chi connectivity index (χ2v) is 5.62. The molecule has 3 nitrogen and oxygen atoms in total. The first-order valence-corrected chi connectivity index (χ1v) is 6.92. The zero-order valence-electron chi connectivity index (χ0n) is 9.98. The van der Waals surface area contributed by atoms with Gasteiger partial charge in [-0.3, -0.25) is 0 Å². The molecule has 0 spiro atoms. The van der Waals surface area contributed by atoms with E-state index in [0.29, 0.717) is 18.1 Å². The lowest BCUT2D eigenvalue weighted by molar-refractivity contribution is -0.0906. The monoisotopic (exact) mass is 225 g/mol. The lowest BCUT2D eigenvalue weighted by Gasteiger charge is -2.31. The predicted molar refractivity (Wildman–Crippen MR) is 62.0 cm³/mol. The molecule has 3 rings (SSSR count). The van der Waals surface area contributed by atoms with E-state index in [1.54, 1.807) is 0 Å². The number of fused-ring (bicyclic) bond motifs is 1. The van der Waals surface area contributed by atoms with Crippen LogP contribution in [0.5, 0.6) is 0 Å². The summed E-state index contributed by atoms with van der Waals surface area (Å²) in [6.45, 7) is 2.54. The van der Waals surface area contributed by atoms with E-state index >= 15 is 0 Å². The smallest absolute Gasteiger partial charge is 0.155 e. The van der Waals surface area contributed by atoms with Crippen LogP contribution in [-0.2, 0) is 4.74 Å². The van der Waals surface area contributed by atoms with Crippen molar-refractivity contribution in [1.29, 1.82) is 0 Å². The SMILES string of the molecule is OC1CC2C(CCC2N2CCCCCC2)O1. The number of hydrogen-bond donors (Lipinski definition) is 1. The van der Waals surface area contributed by atoms with Gasteiger partial charge in [0.05, 0.1) is 6.10 Å². The summed E-state index contributed by atoms with van der Waals surface area (Å²) in [6.07, 6.45) is 8.69. The van der Waals surface area contributed by atoms with E-state index in [2.05, 4.69) is 4.90 Å². The minimum absolute atomic E-state index is 0.350. The molecule has 0 radical (unpaired) electrons. The molecule has 2 saturated heterocycles. The van der Waals surface area contributed by atoms with Crippen LogP contribution in [0.15, 0.2) is 0 Å². The quantitative estimate of drug-likeness (QED) is 0.738. The van der Waals surface area contributed by atoms with Gasteiger partial charge in [0, 0.05) is 18.4 Å². The Labute approximate surface area is 97.8 Å². The Morgan fingerprint density at radius 3 is 2.50 bits per heavy atom. The average Bonchev–Trinajstić information content (AvgIpc) is 2.68. The largest absolute Gasteiger partial charge is 0.368 e. The van der Waals surface area contributed by atoms with Gasteiger partial charge >= 0.3 is 0 Å². The van der Waals surface area contributed by atoms with E-state index in [1.165, 1.54) is 45.2 Å². The fourth-order valence-corrected chi connectivity index (χ4v) is 3.86. The zero-order chi connectivity index (χ0) is 11.0. The molecule has 3 heteroatoms. The molecule has 16 heavy (non-hydrogen) atoms. The number of ether oxygens (including phenoxy) is 1. The summed E-state index contributed by atoms with van der Waals surface area (Å²) < 4.78 is 5.57. The fraction of sp³-hybridized carbons (Fsp3) is 1.00. The van der Waals surface area contributed by atoms with Gasteiger partial charge < -0.3 is 14.7 Å². The van der Waals surface area contributed by atoms with Crippen molar-refractivity contribution < 1.29 is 9.84 Å². The first kappa shape index (κ1) is 11.0. The van der Waals surface area contributed by atoms with Gasteiger partial charge in [0.15, 0.2) is 6.29 Å². The molecule has 4 unspecified atom stereocenters. The van der Waals surface area contributed by atoms with Gasteiger partial charge in [-0.25, -0.2) is 0 Å². The van der Waals surface area contributed by atoms with Crippen LogP contribution < -0.4 is 0 Å².